The number of H-pyrrole nitrogens is 1. The van der Waals surface area contributed by atoms with Gasteiger partial charge < -0.3 is 20.4 Å². The van der Waals surface area contributed by atoms with Crippen molar-refractivity contribution in [2.75, 3.05) is 12.4 Å². The van der Waals surface area contributed by atoms with Crippen molar-refractivity contribution in [3.05, 3.63) is 130 Å². The molecule has 10 rings (SSSR count). The number of aliphatic imine (C=N–C) groups is 2. The number of aryl methyl sites for hydroxylation is 1. The van der Waals surface area contributed by atoms with Crippen molar-refractivity contribution in [3.63, 3.8) is 0 Å². The highest BCUT2D eigenvalue weighted by atomic mass is 32.1. The molecule has 3 aliphatic rings. The van der Waals surface area contributed by atoms with Gasteiger partial charge in [0, 0.05) is 16.7 Å². The van der Waals surface area contributed by atoms with Crippen LogP contribution in [-0.2, 0) is 0 Å². The second-order valence-electron chi connectivity index (χ2n) is 16.4. The van der Waals surface area contributed by atoms with E-state index in [9.17, 15) is 9.59 Å². The Kier molecular flexibility index (Phi) is 11.1. The Hall–Kier alpha value is -6.24. The molecular formula is C50H47N7O3S2. The van der Waals surface area contributed by atoms with Gasteiger partial charge in [-0.25, -0.2) is 20.0 Å². The summed E-state index contributed by atoms with van der Waals surface area (Å²) in [7, 11) is 1.57. The zero-order valence-electron chi connectivity index (χ0n) is 34.8. The minimum atomic E-state index is -0.328. The highest BCUT2D eigenvalue weighted by Crippen LogP contribution is 2.50. The molecule has 312 valence electrons. The van der Waals surface area contributed by atoms with Crippen molar-refractivity contribution in [2.45, 2.75) is 77.0 Å². The summed E-state index contributed by atoms with van der Waals surface area (Å²) in [5.74, 6) is 2.45. The minimum absolute atomic E-state index is 0.144. The second kappa shape index (κ2) is 17.3. The Morgan fingerprint density at radius 1 is 0.694 bits per heavy atom. The number of para-hydroxylation sites is 3. The summed E-state index contributed by atoms with van der Waals surface area (Å²) in [6.45, 7) is 1.95. The average molecular weight is 858 g/mol. The first kappa shape index (κ1) is 39.9. The van der Waals surface area contributed by atoms with Crippen molar-refractivity contribution >= 4 is 83.8 Å². The van der Waals surface area contributed by atoms with Crippen molar-refractivity contribution in [1.82, 2.24) is 20.3 Å². The number of amides is 2. The molecule has 10 nitrogen and oxygen atoms in total. The van der Waals surface area contributed by atoms with Crippen LogP contribution in [0, 0.1) is 12.8 Å². The van der Waals surface area contributed by atoms with Crippen LogP contribution in [0.3, 0.4) is 0 Å². The number of hydrogen-bond acceptors (Lipinski definition) is 8. The van der Waals surface area contributed by atoms with Crippen molar-refractivity contribution < 1.29 is 14.3 Å². The van der Waals surface area contributed by atoms with E-state index in [0.29, 0.717) is 40.2 Å². The van der Waals surface area contributed by atoms with Gasteiger partial charge in [-0.3, -0.25) is 9.59 Å². The van der Waals surface area contributed by atoms with Crippen LogP contribution in [0.15, 0.2) is 113 Å². The number of nitrogens with zero attached hydrogens (tertiary/aromatic N) is 4. The largest absolute Gasteiger partial charge is 0.496 e. The maximum absolute atomic E-state index is 14.3. The van der Waals surface area contributed by atoms with Crippen LogP contribution in [0.1, 0.15) is 107 Å². The molecule has 0 bridgehead atoms. The number of hydrogen-bond donors (Lipinski definition) is 3. The third-order valence-corrected chi connectivity index (χ3v) is 14.6. The van der Waals surface area contributed by atoms with E-state index in [1.165, 1.54) is 12.8 Å². The number of aromatic nitrogens is 3. The molecule has 7 aromatic rings. The lowest BCUT2D eigenvalue weighted by atomic mass is 9.81. The van der Waals surface area contributed by atoms with E-state index in [-0.39, 0.29) is 23.7 Å². The summed E-state index contributed by atoms with van der Waals surface area (Å²) in [4.78, 5) is 53.4. The van der Waals surface area contributed by atoms with E-state index in [0.717, 1.165) is 110 Å². The summed E-state index contributed by atoms with van der Waals surface area (Å²) in [6.07, 6.45) is 10.6. The predicted octanol–water partition coefficient (Wildman–Crippen LogP) is 12.4. The summed E-state index contributed by atoms with van der Waals surface area (Å²) >= 11 is 3.22. The number of amidine groups is 2. The van der Waals surface area contributed by atoms with Crippen molar-refractivity contribution in [2.24, 2.45) is 15.9 Å². The Bertz CT molecular complexity index is 2880. The quantitative estimate of drug-likeness (QED) is 0.133. The number of carbonyl (C=O) groups is 2. The summed E-state index contributed by atoms with van der Waals surface area (Å²) < 4.78 is 7.74. The average Bonchev–Trinajstić information content (AvgIpc) is 4.09. The lowest BCUT2D eigenvalue weighted by Gasteiger charge is -2.24. The molecular weight excluding hydrogens is 811 g/mol. The van der Waals surface area contributed by atoms with Gasteiger partial charge in [0.25, 0.3) is 11.8 Å². The summed E-state index contributed by atoms with van der Waals surface area (Å²) in [5, 5.41) is 8.13. The number of thiazole rings is 2. The maximum Gasteiger partial charge on any atom is 0.260 e. The molecule has 0 saturated heterocycles. The lowest BCUT2D eigenvalue weighted by molar-refractivity contribution is 0.0973. The number of nitrogens with one attached hydrogen (secondary N) is 3. The van der Waals surface area contributed by atoms with Gasteiger partial charge in [-0.05, 0) is 92.5 Å². The number of benzene rings is 4. The molecule has 0 unspecified atom stereocenters. The summed E-state index contributed by atoms with van der Waals surface area (Å²) in [6, 6.07) is 31.2. The van der Waals surface area contributed by atoms with Gasteiger partial charge in [-0.15, -0.1) is 22.7 Å². The van der Waals surface area contributed by atoms with Gasteiger partial charge in [0.2, 0.25) is 0 Å². The first-order chi connectivity index (χ1) is 30.4. The molecule has 4 aromatic carbocycles. The molecule has 2 fully saturated rings. The van der Waals surface area contributed by atoms with Gasteiger partial charge in [0.15, 0.2) is 5.84 Å². The number of fused-ring (bicyclic) bond motifs is 2. The molecule has 0 spiro atoms. The number of aromatic amines is 1. The van der Waals surface area contributed by atoms with Crippen molar-refractivity contribution in [1.29, 1.82) is 0 Å². The minimum Gasteiger partial charge on any atom is -0.496 e. The fraction of sp³-hybridized carbons (Fsp3) is 0.280. The van der Waals surface area contributed by atoms with Gasteiger partial charge in [0.05, 0.1) is 44.2 Å². The molecule has 2 amide bonds. The first-order valence-electron chi connectivity index (χ1n) is 21.6. The van der Waals surface area contributed by atoms with Gasteiger partial charge in [-0.1, -0.05) is 93.1 Å². The maximum atomic E-state index is 14.3. The number of carbonyl (C=O) groups excluding carboxylic acids is 2. The van der Waals surface area contributed by atoms with E-state index in [1.807, 2.05) is 79.7 Å². The van der Waals surface area contributed by atoms with Gasteiger partial charge in [0.1, 0.15) is 33.2 Å². The highest BCUT2D eigenvalue weighted by molar-refractivity contribution is 7.21. The fourth-order valence-corrected chi connectivity index (χ4v) is 11.5. The van der Waals surface area contributed by atoms with Crippen LogP contribution in [0.4, 0.5) is 11.6 Å². The molecule has 4 heterocycles. The Morgan fingerprint density at radius 2 is 1.27 bits per heavy atom. The fourth-order valence-electron chi connectivity index (χ4n) is 9.41. The highest BCUT2D eigenvalue weighted by Gasteiger charge is 2.37. The smallest absolute Gasteiger partial charge is 0.260 e. The number of methoxy groups -OCH3 is 1. The Balaban J connectivity index is 1.20. The topological polar surface area (TPSA) is 134 Å². The van der Waals surface area contributed by atoms with E-state index in [2.05, 4.69) is 27.8 Å². The number of ether oxygens (including phenoxy) is 1. The van der Waals surface area contributed by atoms with Crippen LogP contribution in [0.25, 0.3) is 36.6 Å². The third-order valence-electron chi connectivity index (χ3n) is 12.5. The molecule has 2 aliphatic carbocycles. The van der Waals surface area contributed by atoms with Crippen LogP contribution >= 0.6 is 22.7 Å². The van der Waals surface area contributed by atoms with E-state index in [4.69, 9.17) is 24.7 Å². The van der Waals surface area contributed by atoms with Gasteiger partial charge in [-0.2, -0.15) is 0 Å². The van der Waals surface area contributed by atoms with Crippen LogP contribution in [-0.4, -0.2) is 45.5 Å². The lowest BCUT2D eigenvalue weighted by Crippen LogP contribution is -2.31. The third kappa shape index (κ3) is 7.66. The second-order valence-corrected chi connectivity index (χ2v) is 18.4. The Morgan fingerprint density at radius 3 is 1.95 bits per heavy atom. The molecule has 3 N–H and O–H groups in total. The molecule has 12 heteroatoms. The number of rotatable bonds is 9. The van der Waals surface area contributed by atoms with Crippen LogP contribution in [0.2, 0.25) is 0 Å². The van der Waals surface area contributed by atoms with Crippen LogP contribution < -0.4 is 15.4 Å². The first-order valence-corrected chi connectivity index (χ1v) is 23.3. The molecule has 2 saturated carbocycles. The van der Waals surface area contributed by atoms with Gasteiger partial charge >= 0.3 is 0 Å². The normalized spacial score (nSPS) is 16.9. The van der Waals surface area contributed by atoms with Crippen molar-refractivity contribution in [3.8, 4) is 16.3 Å². The molecule has 1 aliphatic heterocycles. The predicted molar refractivity (Wildman–Crippen MR) is 252 cm³/mol. The molecule has 0 radical (unpaired) electrons. The Labute approximate surface area is 368 Å². The standard InChI is InChI=1S/C50H47N7O3S2/c1-29-17-9-10-22-32(29)47(58)56-45-41(49-51-34-24-12-15-27-37(34)61-49)39(30-18-5-3-6-19-30)43(54-45)53-44-40(31-20-7-4-8-21-31)42(50-52-35-25-13-16-28-38(35)62-50)46(55-44)57-48(59)33-23-11-14-26-36(33)60-2/h9-17,22-28,30-31,54H,3-8,18-21H2,1-2H3,(H,56,58)(H,53,55,57,59). The summed E-state index contributed by atoms with van der Waals surface area (Å²) in [5.41, 5.74) is 7.42. The zero-order chi connectivity index (χ0) is 42.2. The SMILES string of the molecule is COc1ccccc1C(=O)NC1=N/C(=N\c2[nH]c(NC(=O)c3ccccc3C)c(-c3nc4ccccc4s3)c2C2CCCCC2)C(C2CCCCC2)=C1c1nc2ccccc2s1. The van der Waals surface area contributed by atoms with E-state index >= 15 is 0 Å². The molecule has 0 atom stereocenters. The molecule has 62 heavy (non-hydrogen) atoms. The molecule has 3 aromatic heterocycles. The van der Waals surface area contributed by atoms with E-state index in [1.54, 1.807) is 41.9 Å². The number of anilines is 1. The monoisotopic (exact) mass is 857 g/mol. The zero-order valence-corrected chi connectivity index (χ0v) is 36.4. The van der Waals surface area contributed by atoms with Crippen LogP contribution in [0.5, 0.6) is 5.75 Å². The van der Waals surface area contributed by atoms with E-state index < -0.39 is 0 Å².